The van der Waals surface area contributed by atoms with Crippen molar-refractivity contribution in [1.29, 1.82) is 0 Å². The number of imidazole rings is 1. The molecule has 5 nitrogen and oxygen atoms in total. The molecule has 0 atom stereocenters. The second-order valence-electron chi connectivity index (χ2n) is 8.43. The number of nitrogens with one attached hydrogen (secondary N) is 1. The zero-order valence-corrected chi connectivity index (χ0v) is 19.0. The maximum absolute atomic E-state index is 13.6. The molecular formula is C25H26BrN3O2. The number of fused-ring (bicyclic) bond motifs is 1. The van der Waals surface area contributed by atoms with Crippen LogP contribution in [0, 0.1) is 0 Å². The van der Waals surface area contributed by atoms with E-state index in [4.69, 9.17) is 9.72 Å². The standard InChI is InChI=1S/C25H26BrN3O2/c26-20-9-7-19(8-10-20)25(11-14-31-15-12-25)24(30)27-21-5-3-4-18(16-21)22-17-29-13-2-1-6-23(29)28-22/h3-5,7-10,16-17H,1-2,6,11-15H2,(H,27,30). The van der Waals surface area contributed by atoms with Crippen molar-refractivity contribution in [3.63, 3.8) is 0 Å². The van der Waals surface area contributed by atoms with Crippen molar-refractivity contribution in [1.82, 2.24) is 9.55 Å². The van der Waals surface area contributed by atoms with Crippen LogP contribution in [0.4, 0.5) is 5.69 Å². The molecule has 0 bridgehead atoms. The molecule has 1 fully saturated rings. The van der Waals surface area contributed by atoms with E-state index >= 15 is 0 Å². The molecule has 0 saturated carbocycles. The van der Waals surface area contributed by atoms with Crippen LogP contribution in [0.25, 0.3) is 11.3 Å². The Morgan fingerprint density at radius 1 is 1.10 bits per heavy atom. The number of hydrogen-bond acceptors (Lipinski definition) is 3. The summed E-state index contributed by atoms with van der Waals surface area (Å²) in [7, 11) is 0. The van der Waals surface area contributed by atoms with Crippen molar-refractivity contribution in [3.8, 4) is 11.3 Å². The fraction of sp³-hybridized carbons (Fsp3) is 0.360. The van der Waals surface area contributed by atoms with Gasteiger partial charge in [0.25, 0.3) is 0 Å². The molecule has 2 aliphatic heterocycles. The zero-order valence-electron chi connectivity index (χ0n) is 17.4. The average molecular weight is 480 g/mol. The average Bonchev–Trinajstić information content (AvgIpc) is 3.25. The number of amides is 1. The second-order valence-corrected chi connectivity index (χ2v) is 9.34. The summed E-state index contributed by atoms with van der Waals surface area (Å²) < 4.78 is 8.85. The lowest BCUT2D eigenvalue weighted by molar-refractivity contribution is -0.125. The van der Waals surface area contributed by atoms with Crippen LogP contribution in [0.1, 0.15) is 37.1 Å². The first kappa shape index (κ1) is 20.5. The van der Waals surface area contributed by atoms with E-state index in [0.29, 0.717) is 26.1 Å². The smallest absolute Gasteiger partial charge is 0.235 e. The van der Waals surface area contributed by atoms with E-state index in [2.05, 4.69) is 38.1 Å². The van der Waals surface area contributed by atoms with Crippen molar-refractivity contribution >= 4 is 27.5 Å². The molecule has 0 aliphatic carbocycles. The topological polar surface area (TPSA) is 56.2 Å². The number of hydrogen-bond donors (Lipinski definition) is 1. The SMILES string of the molecule is O=C(Nc1cccc(-c2cn3c(n2)CCCC3)c1)C1(c2ccc(Br)cc2)CCOCC1. The normalized spacial score (nSPS) is 17.7. The Morgan fingerprint density at radius 3 is 2.68 bits per heavy atom. The van der Waals surface area contributed by atoms with Gasteiger partial charge in [-0.1, -0.05) is 40.2 Å². The van der Waals surface area contributed by atoms with Crippen molar-refractivity contribution in [2.45, 2.75) is 44.1 Å². The van der Waals surface area contributed by atoms with Crippen LogP contribution in [0.15, 0.2) is 59.2 Å². The summed E-state index contributed by atoms with van der Waals surface area (Å²) in [5, 5.41) is 3.20. The number of carbonyl (C=O) groups is 1. The molecule has 1 aromatic heterocycles. The third-order valence-corrected chi connectivity index (χ3v) is 7.03. The van der Waals surface area contributed by atoms with Gasteiger partial charge in [-0.05, 0) is 55.5 Å². The van der Waals surface area contributed by atoms with Gasteiger partial charge in [0.15, 0.2) is 0 Å². The van der Waals surface area contributed by atoms with Gasteiger partial charge in [-0.3, -0.25) is 4.79 Å². The lowest BCUT2D eigenvalue weighted by Crippen LogP contribution is -2.44. The number of halogens is 1. The van der Waals surface area contributed by atoms with E-state index in [1.807, 2.05) is 42.5 Å². The van der Waals surface area contributed by atoms with Crippen molar-refractivity contribution < 1.29 is 9.53 Å². The fourth-order valence-corrected chi connectivity index (χ4v) is 4.96. The Morgan fingerprint density at radius 2 is 1.90 bits per heavy atom. The Labute approximate surface area is 191 Å². The van der Waals surface area contributed by atoms with Gasteiger partial charge in [0.05, 0.1) is 11.1 Å². The zero-order chi connectivity index (χ0) is 21.3. The largest absolute Gasteiger partial charge is 0.381 e. The molecule has 0 unspecified atom stereocenters. The number of nitrogens with zero attached hydrogens (tertiary/aromatic N) is 2. The molecule has 160 valence electrons. The molecule has 5 rings (SSSR count). The van der Waals surface area contributed by atoms with Crippen LogP contribution in [0.3, 0.4) is 0 Å². The van der Waals surface area contributed by atoms with Gasteiger partial charge < -0.3 is 14.6 Å². The number of carbonyl (C=O) groups excluding carboxylic acids is 1. The molecule has 3 heterocycles. The number of benzene rings is 2. The summed E-state index contributed by atoms with van der Waals surface area (Å²) in [5.41, 5.74) is 3.26. The second kappa shape index (κ2) is 8.60. The van der Waals surface area contributed by atoms with E-state index in [1.54, 1.807) is 0 Å². The number of aromatic nitrogens is 2. The minimum Gasteiger partial charge on any atom is -0.381 e. The summed E-state index contributed by atoms with van der Waals surface area (Å²) in [4.78, 5) is 18.4. The fourth-order valence-electron chi connectivity index (χ4n) is 4.69. The first-order valence-electron chi connectivity index (χ1n) is 11.0. The summed E-state index contributed by atoms with van der Waals surface area (Å²) in [6, 6.07) is 16.1. The predicted octanol–water partition coefficient (Wildman–Crippen LogP) is 5.34. The van der Waals surface area contributed by atoms with Crippen LogP contribution in [0.5, 0.6) is 0 Å². The van der Waals surface area contributed by atoms with Crippen LogP contribution in [0.2, 0.25) is 0 Å². The Hall–Kier alpha value is -2.44. The summed E-state index contributed by atoms with van der Waals surface area (Å²) in [6.07, 6.45) is 6.93. The van der Waals surface area contributed by atoms with Gasteiger partial charge in [-0.2, -0.15) is 0 Å². The first-order chi connectivity index (χ1) is 15.1. The number of ether oxygens (including phenoxy) is 1. The van der Waals surface area contributed by atoms with Crippen LogP contribution in [-0.2, 0) is 27.9 Å². The van der Waals surface area contributed by atoms with Gasteiger partial charge in [-0.15, -0.1) is 0 Å². The third kappa shape index (κ3) is 4.06. The molecular weight excluding hydrogens is 454 g/mol. The van der Waals surface area contributed by atoms with E-state index in [-0.39, 0.29) is 5.91 Å². The summed E-state index contributed by atoms with van der Waals surface area (Å²) in [5.74, 6) is 1.19. The summed E-state index contributed by atoms with van der Waals surface area (Å²) >= 11 is 3.50. The number of rotatable bonds is 4. The highest BCUT2D eigenvalue weighted by Gasteiger charge is 2.41. The van der Waals surface area contributed by atoms with Gasteiger partial charge in [0, 0.05) is 48.1 Å². The highest BCUT2D eigenvalue weighted by Crippen LogP contribution is 2.37. The first-order valence-corrected chi connectivity index (χ1v) is 11.8. The maximum Gasteiger partial charge on any atom is 0.235 e. The molecule has 0 spiro atoms. The monoisotopic (exact) mass is 479 g/mol. The number of aryl methyl sites for hydroxylation is 2. The van der Waals surface area contributed by atoms with E-state index in [1.165, 1.54) is 12.8 Å². The van der Waals surface area contributed by atoms with Gasteiger partial charge in [0.2, 0.25) is 5.91 Å². The van der Waals surface area contributed by atoms with Crippen LogP contribution in [-0.4, -0.2) is 28.7 Å². The summed E-state index contributed by atoms with van der Waals surface area (Å²) in [6.45, 7) is 2.21. The molecule has 1 amide bonds. The van der Waals surface area contributed by atoms with Gasteiger partial charge in [-0.25, -0.2) is 4.98 Å². The Balaban J connectivity index is 1.42. The maximum atomic E-state index is 13.6. The van der Waals surface area contributed by atoms with E-state index in [9.17, 15) is 4.79 Å². The molecule has 0 radical (unpaired) electrons. The van der Waals surface area contributed by atoms with Crippen molar-refractivity contribution in [2.75, 3.05) is 18.5 Å². The lowest BCUT2D eigenvalue weighted by Gasteiger charge is -2.36. The Bertz CT molecular complexity index is 1060. The molecule has 2 aromatic carbocycles. The van der Waals surface area contributed by atoms with Crippen LogP contribution < -0.4 is 5.32 Å². The molecule has 31 heavy (non-hydrogen) atoms. The quantitative estimate of drug-likeness (QED) is 0.549. The molecule has 6 heteroatoms. The number of anilines is 1. The Kier molecular flexibility index (Phi) is 5.67. The minimum atomic E-state index is -0.581. The molecule has 3 aromatic rings. The van der Waals surface area contributed by atoms with E-state index in [0.717, 1.165) is 45.8 Å². The van der Waals surface area contributed by atoms with Gasteiger partial charge in [0.1, 0.15) is 5.82 Å². The molecule has 1 N–H and O–H groups in total. The lowest BCUT2D eigenvalue weighted by atomic mass is 9.73. The van der Waals surface area contributed by atoms with Crippen molar-refractivity contribution in [2.24, 2.45) is 0 Å². The van der Waals surface area contributed by atoms with Gasteiger partial charge >= 0.3 is 0 Å². The predicted molar refractivity (Wildman–Crippen MR) is 125 cm³/mol. The minimum absolute atomic E-state index is 0.0272. The molecule has 1 saturated heterocycles. The van der Waals surface area contributed by atoms with Crippen molar-refractivity contribution in [3.05, 3.63) is 70.6 Å². The van der Waals surface area contributed by atoms with E-state index < -0.39 is 5.41 Å². The molecule has 2 aliphatic rings. The third-order valence-electron chi connectivity index (χ3n) is 6.50. The highest BCUT2D eigenvalue weighted by molar-refractivity contribution is 9.10. The van der Waals surface area contributed by atoms with Crippen LogP contribution >= 0.6 is 15.9 Å². The highest BCUT2D eigenvalue weighted by atomic mass is 79.9.